The Morgan fingerprint density at radius 3 is 2.79 bits per heavy atom. The summed E-state index contributed by atoms with van der Waals surface area (Å²) in [6, 6.07) is 6.96. The first-order valence-corrected chi connectivity index (χ1v) is 8.30. The molecule has 19 heavy (non-hydrogen) atoms. The van der Waals surface area contributed by atoms with Gasteiger partial charge in [0.15, 0.2) is 0 Å². The average molecular weight is 377 g/mol. The molecule has 1 atom stereocenters. The standard InChI is InChI=1S/C13H8BrClFNS2/c14-7-2-1-6(12(16)11(7)15)13(17)10-5-9-8(19-10)3-4-18-9/h1-5,13H,17H2. The van der Waals surface area contributed by atoms with Gasteiger partial charge in [0.1, 0.15) is 5.82 Å². The van der Waals surface area contributed by atoms with E-state index in [4.69, 9.17) is 17.3 Å². The molecule has 0 aliphatic heterocycles. The zero-order chi connectivity index (χ0) is 13.6. The van der Waals surface area contributed by atoms with Gasteiger partial charge >= 0.3 is 0 Å². The van der Waals surface area contributed by atoms with Crippen LogP contribution >= 0.6 is 50.2 Å². The fourth-order valence-electron chi connectivity index (χ4n) is 1.87. The quantitative estimate of drug-likeness (QED) is 0.582. The van der Waals surface area contributed by atoms with Crippen LogP contribution in [-0.4, -0.2) is 0 Å². The molecule has 0 amide bonds. The summed E-state index contributed by atoms with van der Waals surface area (Å²) in [6.45, 7) is 0. The van der Waals surface area contributed by atoms with Crippen LogP contribution in [0, 0.1) is 5.82 Å². The van der Waals surface area contributed by atoms with Crippen molar-refractivity contribution in [3.63, 3.8) is 0 Å². The molecule has 1 unspecified atom stereocenters. The van der Waals surface area contributed by atoms with Crippen molar-refractivity contribution in [1.82, 2.24) is 0 Å². The number of fused-ring (bicyclic) bond motifs is 1. The predicted molar refractivity (Wildman–Crippen MR) is 84.8 cm³/mol. The Morgan fingerprint density at radius 2 is 2.05 bits per heavy atom. The number of benzene rings is 1. The molecule has 0 spiro atoms. The second-order valence-electron chi connectivity index (χ2n) is 4.04. The highest BCUT2D eigenvalue weighted by Crippen LogP contribution is 2.37. The Hall–Kier alpha value is -0.460. The molecule has 2 heterocycles. The minimum absolute atomic E-state index is 0.0753. The molecule has 2 N–H and O–H groups in total. The molecule has 1 nitrogen and oxygen atoms in total. The Balaban J connectivity index is 2.06. The van der Waals surface area contributed by atoms with E-state index >= 15 is 0 Å². The minimum atomic E-state index is -0.491. The fourth-order valence-corrected chi connectivity index (χ4v) is 4.49. The van der Waals surface area contributed by atoms with E-state index in [1.807, 2.05) is 17.5 Å². The maximum Gasteiger partial charge on any atom is 0.148 e. The monoisotopic (exact) mass is 375 g/mol. The summed E-state index contributed by atoms with van der Waals surface area (Å²) in [6.07, 6.45) is 0. The van der Waals surface area contributed by atoms with Crippen LogP contribution in [0.2, 0.25) is 5.02 Å². The summed E-state index contributed by atoms with van der Waals surface area (Å²) in [4.78, 5) is 0.944. The third kappa shape index (κ3) is 2.34. The lowest BCUT2D eigenvalue weighted by molar-refractivity contribution is 0.600. The van der Waals surface area contributed by atoms with Gasteiger partial charge in [0, 0.05) is 24.3 Å². The van der Waals surface area contributed by atoms with Crippen LogP contribution in [0.1, 0.15) is 16.5 Å². The van der Waals surface area contributed by atoms with Crippen LogP contribution in [0.3, 0.4) is 0 Å². The van der Waals surface area contributed by atoms with Crippen molar-refractivity contribution in [2.45, 2.75) is 6.04 Å². The van der Waals surface area contributed by atoms with Gasteiger partial charge in [-0.25, -0.2) is 4.39 Å². The maximum atomic E-state index is 14.1. The van der Waals surface area contributed by atoms with Crippen LogP contribution < -0.4 is 5.73 Å². The molecule has 3 rings (SSSR count). The molecule has 0 saturated carbocycles. The van der Waals surface area contributed by atoms with Crippen molar-refractivity contribution in [3.8, 4) is 0 Å². The van der Waals surface area contributed by atoms with Crippen molar-refractivity contribution in [1.29, 1.82) is 0 Å². The SMILES string of the molecule is NC(c1cc2sccc2s1)c1ccc(Br)c(Cl)c1F. The second kappa shape index (κ2) is 5.14. The third-order valence-electron chi connectivity index (χ3n) is 2.87. The molecular weight excluding hydrogens is 369 g/mol. The van der Waals surface area contributed by atoms with Gasteiger partial charge in [-0.3, -0.25) is 0 Å². The van der Waals surface area contributed by atoms with E-state index in [0.717, 1.165) is 4.88 Å². The Morgan fingerprint density at radius 1 is 1.26 bits per heavy atom. The van der Waals surface area contributed by atoms with E-state index in [0.29, 0.717) is 10.0 Å². The summed E-state index contributed by atoms with van der Waals surface area (Å²) in [5, 5.41) is 2.11. The molecule has 0 bridgehead atoms. The molecule has 0 aliphatic rings. The molecule has 0 saturated heterocycles. The topological polar surface area (TPSA) is 26.0 Å². The highest BCUT2D eigenvalue weighted by Gasteiger charge is 2.19. The first kappa shape index (κ1) is 13.5. The highest BCUT2D eigenvalue weighted by atomic mass is 79.9. The Kier molecular flexibility index (Phi) is 3.66. The molecule has 2 aromatic heterocycles. The van der Waals surface area contributed by atoms with Gasteiger partial charge in [0.25, 0.3) is 0 Å². The van der Waals surface area contributed by atoms with E-state index in [9.17, 15) is 4.39 Å². The summed E-state index contributed by atoms with van der Waals surface area (Å²) < 4.78 is 17.0. The minimum Gasteiger partial charge on any atom is -0.320 e. The van der Waals surface area contributed by atoms with Crippen molar-refractivity contribution >= 4 is 59.6 Å². The van der Waals surface area contributed by atoms with Gasteiger partial charge in [-0.2, -0.15) is 0 Å². The molecule has 0 fully saturated rings. The molecule has 6 heteroatoms. The number of thiophene rings is 2. The summed E-state index contributed by atoms with van der Waals surface area (Å²) in [5.41, 5.74) is 6.58. The molecule has 1 aromatic carbocycles. The first-order chi connectivity index (χ1) is 9.08. The van der Waals surface area contributed by atoms with Crippen molar-refractivity contribution in [2.24, 2.45) is 5.73 Å². The predicted octanol–water partition coefficient (Wildman–Crippen LogP) is 5.57. The molecular formula is C13H8BrClFNS2. The fraction of sp³-hybridized carbons (Fsp3) is 0.0769. The van der Waals surface area contributed by atoms with Gasteiger partial charge in [-0.15, -0.1) is 22.7 Å². The average Bonchev–Trinajstić information content (AvgIpc) is 2.96. The zero-order valence-electron chi connectivity index (χ0n) is 9.49. The normalized spacial score (nSPS) is 13.1. The smallest absolute Gasteiger partial charge is 0.148 e. The molecule has 3 aromatic rings. The lowest BCUT2D eigenvalue weighted by Gasteiger charge is -2.12. The van der Waals surface area contributed by atoms with Gasteiger partial charge in [-0.1, -0.05) is 17.7 Å². The maximum absolute atomic E-state index is 14.1. The van der Waals surface area contributed by atoms with Crippen molar-refractivity contribution in [2.75, 3.05) is 0 Å². The van der Waals surface area contributed by atoms with Crippen LogP contribution in [0.15, 0.2) is 34.1 Å². The van der Waals surface area contributed by atoms with Crippen LogP contribution in [0.5, 0.6) is 0 Å². The van der Waals surface area contributed by atoms with Crippen molar-refractivity contribution < 1.29 is 4.39 Å². The second-order valence-corrected chi connectivity index (χ2v) is 7.34. The van der Waals surface area contributed by atoms with Gasteiger partial charge in [0.2, 0.25) is 0 Å². The van der Waals surface area contributed by atoms with E-state index < -0.39 is 11.9 Å². The summed E-state index contributed by atoms with van der Waals surface area (Å²) >= 11 is 12.3. The molecule has 98 valence electrons. The first-order valence-electron chi connectivity index (χ1n) is 5.44. The third-order valence-corrected chi connectivity index (χ3v) is 6.30. The number of hydrogen-bond acceptors (Lipinski definition) is 3. The Labute approximate surface area is 130 Å². The number of rotatable bonds is 2. The van der Waals surface area contributed by atoms with Crippen LogP contribution in [0.25, 0.3) is 9.40 Å². The van der Waals surface area contributed by atoms with E-state index in [-0.39, 0.29) is 5.02 Å². The number of hydrogen-bond donors (Lipinski definition) is 1. The highest BCUT2D eigenvalue weighted by molar-refractivity contribution is 9.10. The summed E-state index contributed by atoms with van der Waals surface area (Å²) in [7, 11) is 0. The van der Waals surface area contributed by atoms with Crippen molar-refractivity contribution in [3.05, 3.63) is 55.4 Å². The van der Waals surface area contributed by atoms with E-state index in [2.05, 4.69) is 15.9 Å². The number of halogens is 3. The van der Waals surface area contributed by atoms with E-state index in [1.165, 1.54) is 9.40 Å². The lowest BCUT2D eigenvalue weighted by Crippen LogP contribution is -2.12. The van der Waals surface area contributed by atoms with E-state index in [1.54, 1.807) is 34.8 Å². The summed E-state index contributed by atoms with van der Waals surface area (Å²) in [5.74, 6) is -0.458. The number of nitrogens with two attached hydrogens (primary N) is 1. The van der Waals surface area contributed by atoms with Crippen LogP contribution in [0.4, 0.5) is 4.39 Å². The lowest BCUT2D eigenvalue weighted by atomic mass is 10.1. The zero-order valence-corrected chi connectivity index (χ0v) is 13.5. The molecule has 0 aliphatic carbocycles. The van der Waals surface area contributed by atoms with Gasteiger partial charge in [-0.05, 0) is 39.5 Å². The molecule has 0 radical (unpaired) electrons. The van der Waals surface area contributed by atoms with Gasteiger partial charge in [0.05, 0.1) is 11.1 Å². The largest absolute Gasteiger partial charge is 0.320 e. The van der Waals surface area contributed by atoms with Crippen LogP contribution in [-0.2, 0) is 0 Å². The Bertz CT molecular complexity index is 724. The van der Waals surface area contributed by atoms with Gasteiger partial charge < -0.3 is 5.73 Å².